The fourth-order valence-electron chi connectivity index (χ4n) is 5.27. The maximum Gasteiger partial charge on any atom is 0.408 e. The van der Waals surface area contributed by atoms with E-state index < -0.39 is 77.4 Å². The van der Waals surface area contributed by atoms with Gasteiger partial charge < -0.3 is 36.1 Å². The van der Waals surface area contributed by atoms with Gasteiger partial charge in [0, 0.05) is 25.0 Å². The molecule has 300 valence electrons. The van der Waals surface area contributed by atoms with Crippen molar-refractivity contribution in [3.05, 3.63) is 112 Å². The van der Waals surface area contributed by atoms with E-state index in [1.165, 1.54) is 24.3 Å². The highest BCUT2D eigenvalue weighted by atomic mass is 16.6. The van der Waals surface area contributed by atoms with Crippen molar-refractivity contribution in [3.63, 3.8) is 0 Å². The van der Waals surface area contributed by atoms with E-state index in [9.17, 15) is 38.9 Å². The minimum atomic E-state index is -1.18. The van der Waals surface area contributed by atoms with E-state index >= 15 is 0 Å². The highest BCUT2D eigenvalue weighted by molar-refractivity contribution is 5.93. The Labute approximate surface area is 325 Å². The van der Waals surface area contributed by atoms with Crippen molar-refractivity contribution in [2.45, 2.75) is 84.2 Å². The summed E-state index contributed by atoms with van der Waals surface area (Å²) < 4.78 is 10.8. The predicted molar refractivity (Wildman–Crippen MR) is 206 cm³/mol. The topological polar surface area (TPSA) is 224 Å². The Morgan fingerprint density at radius 1 is 0.661 bits per heavy atom. The molecule has 0 saturated heterocycles. The zero-order valence-electron chi connectivity index (χ0n) is 32.2. The lowest BCUT2D eigenvalue weighted by Crippen LogP contribution is -2.55. The summed E-state index contributed by atoms with van der Waals surface area (Å²) >= 11 is 0. The third-order valence-corrected chi connectivity index (χ3v) is 7.93. The molecule has 0 fully saturated rings. The van der Waals surface area contributed by atoms with E-state index in [0.717, 1.165) is 5.56 Å². The maximum absolute atomic E-state index is 13.8. The van der Waals surface area contributed by atoms with Crippen LogP contribution in [0.1, 0.15) is 57.7 Å². The van der Waals surface area contributed by atoms with E-state index in [-0.39, 0.29) is 37.5 Å². The van der Waals surface area contributed by atoms with Crippen LogP contribution >= 0.6 is 0 Å². The molecule has 0 heterocycles. The Bertz CT molecular complexity index is 1800. The Morgan fingerprint density at radius 2 is 1.21 bits per heavy atom. The second-order valence-electron chi connectivity index (χ2n) is 14.4. The molecular weight excluding hydrogens is 724 g/mol. The van der Waals surface area contributed by atoms with Gasteiger partial charge >= 0.3 is 12.1 Å². The first kappa shape index (κ1) is 44.1. The normalized spacial score (nSPS) is 12.6. The molecule has 0 radical (unpaired) electrons. The van der Waals surface area contributed by atoms with Gasteiger partial charge in [0.1, 0.15) is 30.3 Å². The van der Waals surface area contributed by atoms with Crippen LogP contribution in [0.25, 0.3) is 0 Å². The quantitative estimate of drug-likeness (QED) is 0.0679. The average Bonchev–Trinajstić information content (AvgIpc) is 3.14. The van der Waals surface area contributed by atoms with Crippen molar-refractivity contribution in [1.29, 1.82) is 0 Å². The molecule has 5 amide bonds. The largest absolute Gasteiger partial charge is 0.459 e. The number of nitrogens with zero attached hydrogens (tertiary/aromatic N) is 1. The number of carbonyl (C=O) groups excluding carboxylic acids is 6. The third kappa shape index (κ3) is 16.4. The number of esters is 1. The van der Waals surface area contributed by atoms with Gasteiger partial charge in [0.25, 0.3) is 5.69 Å². The molecule has 3 aromatic carbocycles. The van der Waals surface area contributed by atoms with Crippen LogP contribution in [0, 0.1) is 16.0 Å². The number of alkyl carbamates (subject to hydrolysis) is 1. The van der Waals surface area contributed by atoms with Crippen LogP contribution in [-0.4, -0.2) is 77.4 Å². The van der Waals surface area contributed by atoms with Gasteiger partial charge in [-0.3, -0.25) is 29.3 Å². The van der Waals surface area contributed by atoms with Gasteiger partial charge in [0.2, 0.25) is 23.6 Å². The first-order chi connectivity index (χ1) is 26.5. The van der Waals surface area contributed by atoms with Crippen molar-refractivity contribution in [1.82, 2.24) is 26.6 Å². The Kier molecular flexibility index (Phi) is 17.0. The molecule has 0 bridgehead atoms. The predicted octanol–water partition coefficient (Wildman–Crippen LogP) is 3.26. The Balaban J connectivity index is 1.65. The van der Waals surface area contributed by atoms with Crippen molar-refractivity contribution in [2.75, 3.05) is 13.1 Å². The fraction of sp³-hybridized carbons (Fsp3) is 0.400. The molecule has 0 aromatic heterocycles. The molecule has 0 spiro atoms. The Morgan fingerprint density at radius 3 is 1.75 bits per heavy atom. The lowest BCUT2D eigenvalue weighted by Gasteiger charge is -2.24. The summed E-state index contributed by atoms with van der Waals surface area (Å²) in [4.78, 5) is 88.6. The number of nitro benzene ring substituents is 1. The number of non-ortho nitro benzene ring substituents is 1. The molecule has 0 aliphatic rings. The number of hydrogen-bond donors (Lipinski definition) is 5. The number of amides is 5. The summed E-state index contributed by atoms with van der Waals surface area (Å²) in [6.07, 6.45) is -0.395. The number of carbonyl (C=O) groups is 6. The zero-order chi connectivity index (χ0) is 41.3. The van der Waals surface area contributed by atoms with Crippen LogP contribution in [0.4, 0.5) is 10.5 Å². The number of hydrogen-bond acceptors (Lipinski definition) is 10. The maximum atomic E-state index is 13.8. The monoisotopic (exact) mass is 774 g/mol. The average molecular weight is 775 g/mol. The molecule has 3 aromatic rings. The smallest absolute Gasteiger partial charge is 0.408 e. The standard InChI is InChI=1S/C40H50N6O10/c1-26(2)20-31(45-39(52)56-40(3,4)5)36(49)42-23-34(47)41-24-35(48)43-32(21-27-12-8-6-9-13-27)37(50)44-33(22-28-14-10-7-11-15-28)38(51)55-25-29-16-18-30(19-17-29)46(53)54/h6-19,26,31-33H,20-25H2,1-5H3,(H,41,47)(H,42,49)(H,43,48)(H,44,50)(H,45,52)/t31-,32+,33+/m0/s1. The molecule has 16 nitrogen and oxygen atoms in total. The molecule has 0 saturated carbocycles. The van der Waals surface area contributed by atoms with E-state index in [4.69, 9.17) is 9.47 Å². The lowest BCUT2D eigenvalue weighted by atomic mass is 10.0. The fourth-order valence-corrected chi connectivity index (χ4v) is 5.27. The highest BCUT2D eigenvalue weighted by Crippen LogP contribution is 2.14. The number of benzene rings is 3. The lowest BCUT2D eigenvalue weighted by molar-refractivity contribution is -0.384. The zero-order valence-corrected chi connectivity index (χ0v) is 32.2. The number of rotatable bonds is 19. The van der Waals surface area contributed by atoms with Crippen LogP contribution in [0.5, 0.6) is 0 Å². The van der Waals surface area contributed by atoms with Crippen molar-refractivity contribution < 1.29 is 43.2 Å². The van der Waals surface area contributed by atoms with E-state index in [0.29, 0.717) is 11.1 Å². The van der Waals surface area contributed by atoms with E-state index in [2.05, 4.69) is 26.6 Å². The molecular formula is C40H50N6O10. The summed E-state index contributed by atoms with van der Waals surface area (Å²) in [5, 5.41) is 23.7. The first-order valence-electron chi connectivity index (χ1n) is 18.1. The van der Waals surface area contributed by atoms with Crippen LogP contribution in [0.2, 0.25) is 0 Å². The van der Waals surface area contributed by atoms with Gasteiger partial charge in [0.05, 0.1) is 18.0 Å². The number of nitro groups is 1. The second-order valence-corrected chi connectivity index (χ2v) is 14.4. The van der Waals surface area contributed by atoms with Crippen molar-refractivity contribution in [2.24, 2.45) is 5.92 Å². The van der Waals surface area contributed by atoms with Gasteiger partial charge in [-0.2, -0.15) is 0 Å². The minimum Gasteiger partial charge on any atom is -0.459 e. The minimum absolute atomic E-state index is 0.0286. The van der Waals surface area contributed by atoms with Gasteiger partial charge in [-0.25, -0.2) is 9.59 Å². The summed E-state index contributed by atoms with van der Waals surface area (Å²) in [6.45, 7) is 7.57. The van der Waals surface area contributed by atoms with Crippen molar-refractivity contribution >= 4 is 41.4 Å². The molecule has 0 aliphatic carbocycles. The SMILES string of the molecule is CC(C)C[C@H](NC(=O)OC(C)(C)C)C(=O)NCC(=O)NCC(=O)N[C@H](Cc1ccccc1)C(=O)N[C@H](Cc1ccccc1)C(=O)OCc1ccc([N+](=O)[O-])cc1. The van der Waals surface area contributed by atoms with Gasteiger partial charge in [0.15, 0.2) is 0 Å². The van der Waals surface area contributed by atoms with Crippen LogP contribution in [0.3, 0.4) is 0 Å². The molecule has 16 heteroatoms. The highest BCUT2D eigenvalue weighted by Gasteiger charge is 2.29. The molecule has 0 aliphatic heterocycles. The first-order valence-corrected chi connectivity index (χ1v) is 18.1. The number of nitrogens with one attached hydrogen (secondary N) is 5. The molecule has 0 unspecified atom stereocenters. The third-order valence-electron chi connectivity index (χ3n) is 7.93. The van der Waals surface area contributed by atoms with Crippen LogP contribution < -0.4 is 26.6 Å². The second kappa shape index (κ2) is 21.5. The van der Waals surface area contributed by atoms with Crippen molar-refractivity contribution in [3.8, 4) is 0 Å². The summed E-state index contributed by atoms with van der Waals surface area (Å²) in [5.74, 6) is -3.46. The van der Waals surface area contributed by atoms with Gasteiger partial charge in [-0.15, -0.1) is 0 Å². The number of ether oxygens (including phenoxy) is 2. The molecule has 3 rings (SSSR count). The van der Waals surface area contributed by atoms with E-state index in [1.807, 2.05) is 13.8 Å². The van der Waals surface area contributed by atoms with Gasteiger partial charge in [-0.05, 0) is 61.9 Å². The molecule has 5 N–H and O–H groups in total. The Hall–Kier alpha value is -6.32. The van der Waals surface area contributed by atoms with Gasteiger partial charge in [-0.1, -0.05) is 74.5 Å². The van der Waals surface area contributed by atoms with E-state index in [1.54, 1.807) is 81.4 Å². The van der Waals surface area contributed by atoms with Crippen LogP contribution in [-0.2, 0) is 52.9 Å². The molecule has 56 heavy (non-hydrogen) atoms. The summed E-state index contributed by atoms with van der Waals surface area (Å²) in [5.41, 5.74) is 1.03. The van der Waals surface area contributed by atoms with Crippen LogP contribution in [0.15, 0.2) is 84.9 Å². The summed E-state index contributed by atoms with van der Waals surface area (Å²) in [6, 6.07) is 19.9. The summed E-state index contributed by atoms with van der Waals surface area (Å²) in [7, 11) is 0. The molecule has 3 atom stereocenters.